The third-order valence-corrected chi connectivity index (χ3v) is 3.54. The molecule has 1 heterocycles. The first-order chi connectivity index (χ1) is 10.3. The van der Waals surface area contributed by atoms with E-state index in [2.05, 4.69) is 4.98 Å². The molecule has 0 spiro atoms. The van der Waals surface area contributed by atoms with Gasteiger partial charge in [-0.25, -0.2) is 0 Å². The van der Waals surface area contributed by atoms with Gasteiger partial charge in [-0.05, 0) is 49.4 Å². The molecule has 0 aliphatic carbocycles. The van der Waals surface area contributed by atoms with Gasteiger partial charge >= 0.3 is 6.18 Å². The molecule has 114 valence electrons. The van der Waals surface area contributed by atoms with E-state index in [1.54, 1.807) is 31.2 Å². The predicted molar refractivity (Wildman–Crippen MR) is 79.6 cm³/mol. The van der Waals surface area contributed by atoms with Crippen LogP contribution in [-0.4, -0.2) is 4.98 Å². The molecule has 0 fully saturated rings. The average molecular weight is 326 g/mol. The number of nitrogens with one attached hydrogen (secondary N) is 1. The van der Waals surface area contributed by atoms with Gasteiger partial charge in [0.2, 0.25) is 0 Å². The lowest BCUT2D eigenvalue weighted by molar-refractivity contribution is -0.137. The number of H-pyrrole nitrogens is 1. The smallest absolute Gasteiger partial charge is 0.416 e. The number of hydrogen-bond acceptors (Lipinski definition) is 1. The quantitative estimate of drug-likeness (QED) is 0.619. The van der Waals surface area contributed by atoms with Crippen LogP contribution in [0.25, 0.3) is 10.9 Å². The van der Waals surface area contributed by atoms with Gasteiger partial charge in [0, 0.05) is 10.4 Å². The number of fused-ring (bicyclic) bond motifs is 1. The maximum Gasteiger partial charge on any atom is 0.416 e. The van der Waals surface area contributed by atoms with Gasteiger partial charge in [0.25, 0.3) is 0 Å². The fourth-order valence-corrected chi connectivity index (χ4v) is 2.36. The van der Waals surface area contributed by atoms with Crippen LogP contribution in [0.4, 0.5) is 13.2 Å². The molecule has 3 rings (SSSR count). The molecule has 0 radical (unpaired) electrons. The Morgan fingerprint density at radius 2 is 1.73 bits per heavy atom. The monoisotopic (exact) mass is 325 g/mol. The van der Waals surface area contributed by atoms with Crippen molar-refractivity contribution in [3.05, 3.63) is 58.7 Å². The molecule has 1 N–H and O–H groups in total. The summed E-state index contributed by atoms with van der Waals surface area (Å²) in [5.74, 6) is 1.07. The van der Waals surface area contributed by atoms with E-state index in [1.165, 1.54) is 6.07 Å². The summed E-state index contributed by atoms with van der Waals surface area (Å²) in [5, 5.41) is 1.18. The summed E-state index contributed by atoms with van der Waals surface area (Å²) in [5.41, 5.74) is 0.347. The Bertz CT molecular complexity index is 822. The van der Waals surface area contributed by atoms with Crippen molar-refractivity contribution in [3.63, 3.8) is 0 Å². The minimum Gasteiger partial charge on any atom is -0.455 e. The van der Waals surface area contributed by atoms with Crippen LogP contribution in [0.1, 0.15) is 11.3 Å². The van der Waals surface area contributed by atoms with Crippen molar-refractivity contribution in [1.82, 2.24) is 4.98 Å². The summed E-state index contributed by atoms with van der Waals surface area (Å²) < 4.78 is 44.0. The molecular weight excluding hydrogens is 315 g/mol. The van der Waals surface area contributed by atoms with E-state index in [0.29, 0.717) is 33.1 Å². The lowest BCUT2D eigenvalue weighted by Crippen LogP contribution is -2.04. The third kappa shape index (κ3) is 2.76. The second kappa shape index (κ2) is 5.25. The second-order valence-corrected chi connectivity index (χ2v) is 5.33. The first-order valence-electron chi connectivity index (χ1n) is 6.47. The van der Waals surface area contributed by atoms with E-state index in [1.807, 2.05) is 0 Å². The van der Waals surface area contributed by atoms with Crippen LogP contribution in [0, 0.1) is 6.92 Å². The molecule has 0 saturated carbocycles. The lowest BCUT2D eigenvalue weighted by Gasteiger charge is -2.07. The van der Waals surface area contributed by atoms with Crippen molar-refractivity contribution in [2.75, 3.05) is 0 Å². The fraction of sp³-hybridized carbons (Fsp3) is 0.125. The highest BCUT2D eigenvalue weighted by molar-refractivity contribution is 6.30. The van der Waals surface area contributed by atoms with Crippen molar-refractivity contribution in [2.24, 2.45) is 0 Å². The Balaban J connectivity index is 2.03. The van der Waals surface area contributed by atoms with Crippen molar-refractivity contribution in [1.29, 1.82) is 0 Å². The Hall–Kier alpha value is -2.14. The summed E-state index contributed by atoms with van der Waals surface area (Å²) in [6.45, 7) is 1.75. The van der Waals surface area contributed by atoms with Gasteiger partial charge < -0.3 is 9.72 Å². The first-order valence-corrected chi connectivity index (χ1v) is 6.85. The van der Waals surface area contributed by atoms with E-state index in [9.17, 15) is 13.2 Å². The van der Waals surface area contributed by atoms with E-state index in [4.69, 9.17) is 16.3 Å². The number of aryl methyl sites for hydroxylation is 1. The van der Waals surface area contributed by atoms with Crippen LogP contribution in [0.2, 0.25) is 5.02 Å². The fourth-order valence-electron chi connectivity index (χ4n) is 2.23. The molecule has 22 heavy (non-hydrogen) atoms. The van der Waals surface area contributed by atoms with Gasteiger partial charge in [-0.15, -0.1) is 0 Å². The molecule has 0 aliphatic rings. The number of benzene rings is 2. The van der Waals surface area contributed by atoms with E-state index < -0.39 is 11.7 Å². The van der Waals surface area contributed by atoms with E-state index in [0.717, 1.165) is 12.1 Å². The van der Waals surface area contributed by atoms with Crippen molar-refractivity contribution in [3.8, 4) is 11.5 Å². The number of ether oxygens (including phenoxy) is 1. The second-order valence-electron chi connectivity index (χ2n) is 4.89. The molecule has 1 aromatic heterocycles. The van der Waals surface area contributed by atoms with Gasteiger partial charge in [-0.2, -0.15) is 13.2 Å². The highest BCUT2D eigenvalue weighted by Crippen LogP contribution is 2.37. The maximum atomic E-state index is 12.8. The molecule has 2 nitrogen and oxygen atoms in total. The highest BCUT2D eigenvalue weighted by Gasteiger charge is 2.31. The van der Waals surface area contributed by atoms with E-state index in [-0.39, 0.29) is 0 Å². The summed E-state index contributed by atoms with van der Waals surface area (Å²) in [7, 11) is 0. The summed E-state index contributed by atoms with van der Waals surface area (Å²) in [6.07, 6.45) is -4.37. The summed E-state index contributed by atoms with van der Waals surface area (Å²) >= 11 is 5.81. The minimum absolute atomic E-state index is 0.385. The van der Waals surface area contributed by atoms with Gasteiger partial charge in [-0.1, -0.05) is 11.6 Å². The average Bonchev–Trinajstić information content (AvgIpc) is 2.76. The molecule has 6 heteroatoms. The van der Waals surface area contributed by atoms with Gasteiger partial charge in [0.05, 0.1) is 16.8 Å². The number of aromatic nitrogens is 1. The minimum atomic E-state index is -4.37. The third-order valence-electron chi connectivity index (χ3n) is 3.29. The van der Waals surface area contributed by atoms with Crippen LogP contribution >= 0.6 is 11.6 Å². The molecular formula is C16H11ClF3NO. The zero-order chi connectivity index (χ0) is 15.9. The molecule has 0 saturated heterocycles. The molecule has 0 atom stereocenters. The van der Waals surface area contributed by atoms with Crippen molar-refractivity contribution < 1.29 is 17.9 Å². The molecule has 0 aliphatic heterocycles. The summed E-state index contributed by atoms with van der Waals surface area (Å²) in [6, 6.07) is 10.3. The van der Waals surface area contributed by atoms with E-state index >= 15 is 0 Å². The van der Waals surface area contributed by atoms with Crippen molar-refractivity contribution in [2.45, 2.75) is 13.1 Å². The first kappa shape index (κ1) is 14.8. The zero-order valence-electron chi connectivity index (χ0n) is 11.5. The van der Waals surface area contributed by atoms with Gasteiger partial charge in [-0.3, -0.25) is 0 Å². The Kier molecular flexibility index (Phi) is 3.53. The van der Waals surface area contributed by atoms with Gasteiger partial charge in [0.15, 0.2) is 5.75 Å². The maximum absolute atomic E-state index is 12.8. The van der Waals surface area contributed by atoms with Crippen LogP contribution in [0.3, 0.4) is 0 Å². The topological polar surface area (TPSA) is 25.0 Å². The van der Waals surface area contributed by atoms with Crippen LogP contribution in [0.15, 0.2) is 42.5 Å². The zero-order valence-corrected chi connectivity index (χ0v) is 12.2. The Morgan fingerprint density at radius 1 is 1.05 bits per heavy atom. The van der Waals surface area contributed by atoms with Crippen LogP contribution < -0.4 is 4.74 Å². The Morgan fingerprint density at radius 3 is 2.36 bits per heavy atom. The molecule has 0 amide bonds. The molecule has 3 aromatic rings. The number of aromatic amines is 1. The molecule has 0 bridgehead atoms. The van der Waals surface area contributed by atoms with Crippen LogP contribution in [-0.2, 0) is 6.18 Å². The Labute approximate surface area is 129 Å². The summed E-state index contributed by atoms with van der Waals surface area (Å²) in [4.78, 5) is 2.92. The highest BCUT2D eigenvalue weighted by atomic mass is 35.5. The largest absolute Gasteiger partial charge is 0.455 e. The number of alkyl halides is 3. The normalized spacial score (nSPS) is 11.9. The SMILES string of the molecule is Cc1[nH]c2cc(C(F)(F)F)ccc2c1Oc1ccc(Cl)cc1. The number of rotatable bonds is 2. The lowest BCUT2D eigenvalue weighted by atomic mass is 10.1. The molecule has 0 unspecified atom stereocenters. The number of hydrogen-bond donors (Lipinski definition) is 1. The van der Waals surface area contributed by atoms with Crippen molar-refractivity contribution >= 4 is 22.5 Å². The van der Waals surface area contributed by atoms with Crippen LogP contribution in [0.5, 0.6) is 11.5 Å². The number of halogens is 4. The molecule has 2 aromatic carbocycles. The van der Waals surface area contributed by atoms with Gasteiger partial charge in [0.1, 0.15) is 5.75 Å². The predicted octanol–water partition coefficient (Wildman–Crippen LogP) is 5.94. The standard InChI is InChI=1S/C16H11ClF3NO/c1-9-15(22-12-5-3-11(17)4-6-12)13-7-2-10(16(18,19)20)8-14(13)21-9/h2-8,21H,1H3.